The highest BCUT2D eigenvalue weighted by Crippen LogP contribution is 2.13. The second-order valence-electron chi connectivity index (χ2n) is 4.92. The first kappa shape index (κ1) is 14.5. The van der Waals surface area contributed by atoms with Crippen LogP contribution in [-0.4, -0.2) is 9.55 Å². The molecule has 0 saturated heterocycles. The molecule has 0 aliphatic heterocycles. The van der Waals surface area contributed by atoms with Gasteiger partial charge in [-0.05, 0) is 42.8 Å². The summed E-state index contributed by atoms with van der Waals surface area (Å²) in [6.45, 7) is 2.52. The van der Waals surface area contributed by atoms with Crippen molar-refractivity contribution in [2.75, 3.05) is 0 Å². The maximum atomic E-state index is 12.5. The van der Waals surface area contributed by atoms with Crippen molar-refractivity contribution in [3.05, 3.63) is 75.3 Å². The number of benzene rings is 2. The van der Waals surface area contributed by atoms with Gasteiger partial charge in [0.15, 0.2) is 0 Å². The fraction of sp³-hybridized carbons (Fsp3) is 0.111. The molecule has 0 atom stereocenters. The van der Waals surface area contributed by atoms with E-state index < -0.39 is 0 Å². The van der Waals surface area contributed by atoms with Crippen LogP contribution in [0.2, 0.25) is 5.02 Å². The fourth-order valence-electron chi connectivity index (χ4n) is 2.36. The number of para-hydroxylation sites is 1. The molecule has 0 fully saturated rings. The molecule has 0 saturated carbocycles. The predicted octanol–water partition coefficient (Wildman–Crippen LogP) is 4.24. The average molecular weight is 311 g/mol. The van der Waals surface area contributed by atoms with Gasteiger partial charge in [0.1, 0.15) is 5.82 Å². The normalized spacial score (nSPS) is 11.4. The summed E-state index contributed by atoms with van der Waals surface area (Å²) in [7, 11) is 0. The molecule has 4 heteroatoms. The lowest BCUT2D eigenvalue weighted by molar-refractivity contribution is 0.708. The molecule has 0 aliphatic carbocycles. The summed E-state index contributed by atoms with van der Waals surface area (Å²) in [5.74, 6) is 0.654. The van der Waals surface area contributed by atoms with Crippen LogP contribution in [0.15, 0.2) is 53.3 Å². The minimum atomic E-state index is -0.0103. The molecule has 0 bridgehead atoms. The summed E-state index contributed by atoms with van der Waals surface area (Å²) in [6.07, 6.45) is 3.79. The van der Waals surface area contributed by atoms with E-state index in [2.05, 4.69) is 4.98 Å². The molecule has 0 unspecified atom stereocenters. The van der Waals surface area contributed by atoms with Crippen molar-refractivity contribution in [1.29, 1.82) is 0 Å². The summed E-state index contributed by atoms with van der Waals surface area (Å²) in [5, 5.41) is 1.35. The Bertz CT molecular complexity index is 895. The number of hydrogen-bond donors (Lipinski definition) is 0. The number of hydrogen-bond acceptors (Lipinski definition) is 2. The molecule has 3 rings (SSSR count). The number of nitrogens with zero attached hydrogens (tertiary/aromatic N) is 2. The van der Waals surface area contributed by atoms with Gasteiger partial charge in [0.05, 0.1) is 10.9 Å². The Morgan fingerprint density at radius 1 is 1.09 bits per heavy atom. The van der Waals surface area contributed by atoms with Gasteiger partial charge in [-0.1, -0.05) is 41.9 Å². The number of aromatic nitrogens is 2. The molecule has 2 aromatic carbocycles. The Morgan fingerprint density at radius 3 is 2.55 bits per heavy atom. The van der Waals surface area contributed by atoms with E-state index in [1.54, 1.807) is 4.57 Å². The van der Waals surface area contributed by atoms with E-state index in [0.717, 1.165) is 5.56 Å². The van der Waals surface area contributed by atoms with Crippen molar-refractivity contribution < 1.29 is 0 Å². The van der Waals surface area contributed by atoms with E-state index in [-0.39, 0.29) is 5.56 Å². The molecule has 0 N–H and O–H groups in total. The minimum absolute atomic E-state index is 0.0103. The fourth-order valence-corrected chi connectivity index (χ4v) is 2.49. The molecule has 110 valence electrons. The number of halogens is 1. The Hall–Kier alpha value is -2.39. The molecular formula is C18H15ClN2O. The van der Waals surface area contributed by atoms with Gasteiger partial charge in [-0.15, -0.1) is 0 Å². The second-order valence-corrected chi connectivity index (χ2v) is 5.36. The van der Waals surface area contributed by atoms with Gasteiger partial charge < -0.3 is 0 Å². The van der Waals surface area contributed by atoms with E-state index >= 15 is 0 Å². The SMILES string of the molecule is CCn1c(C=Cc2ccc(Cl)cc2)nc2ccccc2c1=O. The van der Waals surface area contributed by atoms with E-state index in [1.165, 1.54) is 0 Å². The van der Waals surface area contributed by atoms with Crippen molar-refractivity contribution in [2.24, 2.45) is 0 Å². The summed E-state index contributed by atoms with van der Waals surface area (Å²) in [5.41, 5.74) is 1.71. The third-order valence-corrected chi connectivity index (χ3v) is 3.75. The van der Waals surface area contributed by atoms with Crippen LogP contribution in [0.3, 0.4) is 0 Å². The lowest BCUT2D eigenvalue weighted by atomic mass is 10.2. The highest BCUT2D eigenvalue weighted by Gasteiger charge is 2.06. The Labute approximate surface area is 133 Å². The average Bonchev–Trinajstić information content (AvgIpc) is 2.54. The largest absolute Gasteiger partial charge is 0.293 e. The van der Waals surface area contributed by atoms with E-state index in [0.29, 0.717) is 28.3 Å². The van der Waals surface area contributed by atoms with Crippen LogP contribution in [0.4, 0.5) is 0 Å². The van der Waals surface area contributed by atoms with Crippen molar-refractivity contribution in [2.45, 2.75) is 13.5 Å². The molecule has 0 amide bonds. The zero-order valence-electron chi connectivity index (χ0n) is 12.2. The second kappa shape index (κ2) is 6.16. The third kappa shape index (κ3) is 2.81. The van der Waals surface area contributed by atoms with Crippen LogP contribution >= 0.6 is 11.6 Å². The van der Waals surface area contributed by atoms with Gasteiger partial charge in [0, 0.05) is 11.6 Å². The van der Waals surface area contributed by atoms with Crippen LogP contribution in [0.25, 0.3) is 23.1 Å². The summed E-state index contributed by atoms with van der Waals surface area (Å²) < 4.78 is 1.68. The Balaban J connectivity index is 2.09. The van der Waals surface area contributed by atoms with Gasteiger partial charge in [-0.3, -0.25) is 9.36 Å². The van der Waals surface area contributed by atoms with Gasteiger partial charge >= 0.3 is 0 Å². The molecular weight excluding hydrogens is 296 g/mol. The molecule has 0 radical (unpaired) electrons. The third-order valence-electron chi connectivity index (χ3n) is 3.50. The molecule has 3 nitrogen and oxygen atoms in total. The summed E-state index contributed by atoms with van der Waals surface area (Å²) in [4.78, 5) is 17.1. The lowest BCUT2D eigenvalue weighted by Crippen LogP contribution is -2.22. The van der Waals surface area contributed by atoms with Crippen LogP contribution in [0, 0.1) is 0 Å². The van der Waals surface area contributed by atoms with Crippen LogP contribution < -0.4 is 5.56 Å². The zero-order valence-corrected chi connectivity index (χ0v) is 12.9. The monoisotopic (exact) mass is 310 g/mol. The Kier molecular flexibility index (Phi) is 4.07. The molecule has 0 spiro atoms. The van der Waals surface area contributed by atoms with Crippen LogP contribution in [0.5, 0.6) is 0 Å². The first-order valence-electron chi connectivity index (χ1n) is 7.12. The van der Waals surface area contributed by atoms with Gasteiger partial charge in [-0.25, -0.2) is 4.98 Å². The first-order chi connectivity index (χ1) is 10.7. The maximum absolute atomic E-state index is 12.5. The van der Waals surface area contributed by atoms with Crippen molar-refractivity contribution >= 4 is 34.7 Å². The Morgan fingerprint density at radius 2 is 1.82 bits per heavy atom. The van der Waals surface area contributed by atoms with E-state index in [1.807, 2.05) is 67.6 Å². The van der Waals surface area contributed by atoms with E-state index in [9.17, 15) is 4.79 Å². The standard InChI is InChI=1S/C18H15ClN2O/c1-2-21-17(12-9-13-7-10-14(19)11-8-13)20-16-6-4-3-5-15(16)18(21)22/h3-12H,2H2,1H3. The van der Waals surface area contributed by atoms with Crippen molar-refractivity contribution in [1.82, 2.24) is 9.55 Å². The van der Waals surface area contributed by atoms with Crippen molar-refractivity contribution in [3.8, 4) is 0 Å². The number of rotatable bonds is 3. The lowest BCUT2D eigenvalue weighted by Gasteiger charge is -2.08. The zero-order chi connectivity index (χ0) is 15.5. The highest BCUT2D eigenvalue weighted by molar-refractivity contribution is 6.30. The predicted molar refractivity (Wildman–Crippen MR) is 92.1 cm³/mol. The number of fused-ring (bicyclic) bond motifs is 1. The summed E-state index contributed by atoms with van der Waals surface area (Å²) in [6, 6.07) is 14.9. The molecule has 3 aromatic rings. The molecule has 0 aliphatic rings. The molecule has 22 heavy (non-hydrogen) atoms. The van der Waals surface area contributed by atoms with E-state index in [4.69, 9.17) is 11.6 Å². The highest BCUT2D eigenvalue weighted by atomic mass is 35.5. The first-order valence-corrected chi connectivity index (χ1v) is 7.50. The van der Waals surface area contributed by atoms with Gasteiger partial charge in [0.25, 0.3) is 5.56 Å². The van der Waals surface area contributed by atoms with Gasteiger partial charge in [0.2, 0.25) is 0 Å². The minimum Gasteiger partial charge on any atom is -0.293 e. The van der Waals surface area contributed by atoms with Crippen LogP contribution in [0.1, 0.15) is 18.3 Å². The quantitative estimate of drug-likeness (QED) is 0.725. The van der Waals surface area contributed by atoms with Crippen molar-refractivity contribution in [3.63, 3.8) is 0 Å². The molecule has 1 aromatic heterocycles. The van der Waals surface area contributed by atoms with Crippen LogP contribution in [-0.2, 0) is 6.54 Å². The summed E-state index contributed by atoms with van der Waals surface area (Å²) >= 11 is 5.88. The topological polar surface area (TPSA) is 34.9 Å². The maximum Gasteiger partial charge on any atom is 0.261 e. The molecule has 1 heterocycles. The smallest absolute Gasteiger partial charge is 0.261 e. The van der Waals surface area contributed by atoms with Gasteiger partial charge in [-0.2, -0.15) is 0 Å².